The predicted octanol–water partition coefficient (Wildman–Crippen LogP) is 4.84. The third-order valence-corrected chi connectivity index (χ3v) is 5.57. The van der Waals surface area contributed by atoms with Gasteiger partial charge in [0.1, 0.15) is 0 Å². The molecule has 0 unspecified atom stereocenters. The van der Waals surface area contributed by atoms with Gasteiger partial charge in [0.15, 0.2) is 11.5 Å². The second-order valence-electron chi connectivity index (χ2n) is 7.75. The van der Waals surface area contributed by atoms with Crippen molar-refractivity contribution in [1.29, 1.82) is 0 Å². The molecule has 0 saturated heterocycles. The Kier molecular flexibility index (Phi) is 6.74. The van der Waals surface area contributed by atoms with Crippen LogP contribution in [0.5, 0.6) is 11.5 Å². The van der Waals surface area contributed by atoms with E-state index in [2.05, 4.69) is 5.32 Å². The van der Waals surface area contributed by atoms with E-state index in [9.17, 15) is 9.59 Å². The molecular formula is C27H26N2O4. The van der Waals surface area contributed by atoms with Crippen LogP contribution in [-0.2, 0) is 22.6 Å². The molecule has 0 atom stereocenters. The van der Waals surface area contributed by atoms with Crippen LogP contribution in [0.4, 0.5) is 11.4 Å². The molecule has 0 radical (unpaired) electrons. The number of rotatable bonds is 7. The highest BCUT2D eigenvalue weighted by atomic mass is 16.5. The lowest BCUT2D eigenvalue weighted by molar-refractivity contribution is -0.119. The van der Waals surface area contributed by atoms with Crippen molar-refractivity contribution in [2.45, 2.75) is 19.4 Å². The van der Waals surface area contributed by atoms with E-state index >= 15 is 0 Å². The molecule has 0 aromatic heterocycles. The van der Waals surface area contributed by atoms with Crippen LogP contribution in [-0.4, -0.2) is 26.0 Å². The molecule has 0 spiro atoms. The number of aryl methyl sites for hydroxylation is 1. The van der Waals surface area contributed by atoms with Crippen LogP contribution >= 0.6 is 0 Å². The Balaban J connectivity index is 1.46. The van der Waals surface area contributed by atoms with Crippen LogP contribution in [0.3, 0.4) is 0 Å². The van der Waals surface area contributed by atoms with E-state index in [0.717, 1.165) is 22.4 Å². The molecule has 0 bridgehead atoms. The maximum absolute atomic E-state index is 12.6. The van der Waals surface area contributed by atoms with Gasteiger partial charge in [-0.1, -0.05) is 36.4 Å². The smallest absolute Gasteiger partial charge is 0.248 e. The van der Waals surface area contributed by atoms with Gasteiger partial charge in [-0.25, -0.2) is 0 Å². The second kappa shape index (κ2) is 10.0. The van der Waals surface area contributed by atoms with Crippen molar-refractivity contribution in [1.82, 2.24) is 0 Å². The van der Waals surface area contributed by atoms with Crippen LogP contribution in [0.2, 0.25) is 0 Å². The summed E-state index contributed by atoms with van der Waals surface area (Å²) < 4.78 is 10.5. The summed E-state index contributed by atoms with van der Waals surface area (Å²) in [6.07, 6.45) is 4.31. The lowest BCUT2D eigenvalue weighted by Gasteiger charge is -2.30. The number of benzene rings is 3. The predicted molar refractivity (Wildman–Crippen MR) is 130 cm³/mol. The van der Waals surface area contributed by atoms with Crippen LogP contribution in [0, 0.1) is 0 Å². The zero-order chi connectivity index (χ0) is 23.2. The minimum atomic E-state index is -0.238. The third kappa shape index (κ3) is 5.23. The molecular weight excluding hydrogens is 416 g/mol. The lowest BCUT2D eigenvalue weighted by Crippen LogP contribution is -2.34. The van der Waals surface area contributed by atoms with Crippen molar-refractivity contribution >= 4 is 29.3 Å². The number of amides is 2. The average Bonchev–Trinajstić information content (AvgIpc) is 2.85. The van der Waals surface area contributed by atoms with E-state index < -0.39 is 0 Å². The molecule has 1 aliphatic rings. The number of methoxy groups -OCH3 is 2. The fraction of sp³-hybridized carbons (Fsp3) is 0.185. The highest BCUT2D eigenvalue weighted by Gasteiger charge is 2.24. The average molecular weight is 443 g/mol. The Morgan fingerprint density at radius 1 is 0.970 bits per heavy atom. The Bertz CT molecular complexity index is 1190. The Hall–Kier alpha value is -4.06. The minimum absolute atomic E-state index is 0.112. The molecule has 33 heavy (non-hydrogen) atoms. The van der Waals surface area contributed by atoms with Gasteiger partial charge >= 0.3 is 0 Å². The number of nitrogens with zero attached hydrogens (tertiary/aromatic N) is 1. The van der Waals surface area contributed by atoms with Gasteiger partial charge in [0, 0.05) is 23.9 Å². The summed E-state index contributed by atoms with van der Waals surface area (Å²) in [5, 5.41) is 2.90. The zero-order valence-corrected chi connectivity index (χ0v) is 18.7. The molecule has 1 N–H and O–H groups in total. The van der Waals surface area contributed by atoms with E-state index in [1.165, 1.54) is 6.08 Å². The van der Waals surface area contributed by atoms with Crippen molar-refractivity contribution in [2.24, 2.45) is 0 Å². The van der Waals surface area contributed by atoms with E-state index in [1.54, 1.807) is 32.4 Å². The first kappa shape index (κ1) is 22.1. The molecule has 3 aromatic carbocycles. The number of ether oxygens (including phenoxy) is 2. The highest BCUT2D eigenvalue weighted by molar-refractivity contribution is 6.02. The molecule has 1 heterocycles. The van der Waals surface area contributed by atoms with Gasteiger partial charge in [0.2, 0.25) is 11.8 Å². The molecule has 1 aliphatic heterocycles. The number of anilines is 2. The zero-order valence-electron chi connectivity index (χ0n) is 18.7. The molecule has 168 valence electrons. The lowest BCUT2D eigenvalue weighted by atomic mass is 9.99. The Morgan fingerprint density at radius 3 is 2.52 bits per heavy atom. The first-order chi connectivity index (χ1) is 16.1. The third-order valence-electron chi connectivity index (χ3n) is 5.57. The van der Waals surface area contributed by atoms with Crippen LogP contribution in [0.1, 0.15) is 23.1 Å². The SMILES string of the molecule is COc1ccc(/C=C/C(=O)Nc2ccc3c(c2)CCC(=O)N3Cc2ccccc2)cc1OC. The van der Waals surface area contributed by atoms with Crippen molar-refractivity contribution < 1.29 is 19.1 Å². The largest absolute Gasteiger partial charge is 0.493 e. The molecule has 4 rings (SSSR count). The van der Waals surface area contributed by atoms with Crippen molar-refractivity contribution in [3.63, 3.8) is 0 Å². The quantitative estimate of drug-likeness (QED) is 0.532. The highest BCUT2D eigenvalue weighted by Crippen LogP contribution is 2.32. The van der Waals surface area contributed by atoms with Crippen LogP contribution < -0.4 is 19.7 Å². The van der Waals surface area contributed by atoms with Gasteiger partial charge in [-0.15, -0.1) is 0 Å². The number of hydrogen-bond acceptors (Lipinski definition) is 4. The number of carbonyl (C=O) groups excluding carboxylic acids is 2. The molecule has 0 aliphatic carbocycles. The fourth-order valence-corrected chi connectivity index (χ4v) is 3.89. The number of carbonyl (C=O) groups is 2. The van der Waals surface area contributed by atoms with Gasteiger partial charge in [-0.05, 0) is 59.5 Å². The topological polar surface area (TPSA) is 67.9 Å². The van der Waals surface area contributed by atoms with Gasteiger partial charge in [0.05, 0.1) is 20.8 Å². The summed E-state index contributed by atoms with van der Waals surface area (Å²) in [7, 11) is 3.15. The first-order valence-corrected chi connectivity index (χ1v) is 10.8. The monoisotopic (exact) mass is 442 g/mol. The summed E-state index contributed by atoms with van der Waals surface area (Å²) in [6, 6.07) is 21.1. The number of fused-ring (bicyclic) bond motifs is 1. The molecule has 0 fully saturated rings. The summed E-state index contributed by atoms with van der Waals surface area (Å²) >= 11 is 0. The summed E-state index contributed by atoms with van der Waals surface area (Å²) in [5.41, 5.74) is 4.55. The summed E-state index contributed by atoms with van der Waals surface area (Å²) in [6.45, 7) is 0.534. The van der Waals surface area contributed by atoms with Gasteiger partial charge < -0.3 is 19.7 Å². The molecule has 3 aromatic rings. The van der Waals surface area contributed by atoms with Gasteiger partial charge in [0.25, 0.3) is 0 Å². The number of hydrogen-bond donors (Lipinski definition) is 1. The van der Waals surface area contributed by atoms with Crippen LogP contribution in [0.15, 0.2) is 72.8 Å². The van der Waals surface area contributed by atoms with Gasteiger partial charge in [-0.3, -0.25) is 9.59 Å². The first-order valence-electron chi connectivity index (χ1n) is 10.8. The molecule has 6 heteroatoms. The molecule has 6 nitrogen and oxygen atoms in total. The van der Waals surface area contributed by atoms with E-state index in [0.29, 0.717) is 36.6 Å². The van der Waals surface area contributed by atoms with E-state index in [-0.39, 0.29) is 11.8 Å². The van der Waals surface area contributed by atoms with E-state index in [1.807, 2.05) is 59.5 Å². The van der Waals surface area contributed by atoms with Gasteiger partial charge in [-0.2, -0.15) is 0 Å². The Morgan fingerprint density at radius 2 is 1.76 bits per heavy atom. The van der Waals surface area contributed by atoms with Crippen molar-refractivity contribution in [2.75, 3.05) is 24.4 Å². The maximum Gasteiger partial charge on any atom is 0.248 e. The van der Waals surface area contributed by atoms with Crippen LogP contribution in [0.25, 0.3) is 6.08 Å². The summed E-state index contributed by atoms with van der Waals surface area (Å²) in [5.74, 6) is 1.11. The maximum atomic E-state index is 12.6. The van der Waals surface area contributed by atoms with Crippen molar-refractivity contribution in [3.05, 3.63) is 89.5 Å². The fourth-order valence-electron chi connectivity index (χ4n) is 3.89. The van der Waals surface area contributed by atoms with E-state index in [4.69, 9.17) is 9.47 Å². The number of nitrogens with one attached hydrogen (secondary N) is 1. The minimum Gasteiger partial charge on any atom is -0.493 e. The second-order valence-corrected chi connectivity index (χ2v) is 7.75. The molecule has 2 amide bonds. The van der Waals surface area contributed by atoms with Crippen molar-refractivity contribution in [3.8, 4) is 11.5 Å². The standard InChI is InChI=1S/C27H26N2O4/c1-32-24-13-8-19(16-25(24)33-2)9-14-26(30)28-22-11-12-23-21(17-22)10-15-27(31)29(23)18-20-6-4-3-5-7-20/h3-9,11-14,16-17H,10,15,18H2,1-2H3,(H,28,30)/b14-9+. The summed E-state index contributed by atoms with van der Waals surface area (Å²) in [4.78, 5) is 26.8. The molecule has 0 saturated carbocycles. The normalized spacial score (nSPS) is 13.0. The Labute approximate surface area is 193 Å².